The summed E-state index contributed by atoms with van der Waals surface area (Å²) in [6, 6.07) is 3.83. The Morgan fingerprint density at radius 1 is 1.36 bits per heavy atom. The molecule has 4 heteroatoms. The van der Waals surface area contributed by atoms with Gasteiger partial charge in [-0.15, -0.1) is 0 Å². The van der Waals surface area contributed by atoms with Crippen molar-refractivity contribution in [3.05, 3.63) is 27.7 Å². The van der Waals surface area contributed by atoms with E-state index in [2.05, 4.69) is 21.2 Å². The Morgan fingerprint density at radius 3 is 2.79 bits per heavy atom. The van der Waals surface area contributed by atoms with Crippen LogP contribution >= 0.6 is 15.9 Å². The molecule has 0 saturated heterocycles. The van der Waals surface area contributed by atoms with E-state index in [1.807, 2.05) is 19.1 Å². The van der Waals surface area contributed by atoms with Gasteiger partial charge in [0, 0.05) is 10.9 Å². The van der Waals surface area contributed by atoms with Crippen LogP contribution in [0.25, 0.3) is 0 Å². The number of aryl methyl sites for hydroxylation is 1. The largest absolute Gasteiger partial charge is 0.318 e. The Hall–Kier alpha value is -1.16. The van der Waals surface area contributed by atoms with Crippen LogP contribution in [-0.4, -0.2) is 11.7 Å². The molecule has 1 amide bonds. The van der Waals surface area contributed by atoms with Gasteiger partial charge in [-0.25, -0.2) is 0 Å². The normalized spacial score (nSPS) is 15.0. The zero-order chi connectivity index (χ0) is 10.3. The first-order valence-corrected chi connectivity index (χ1v) is 5.00. The number of halogens is 1. The van der Waals surface area contributed by atoms with Gasteiger partial charge in [-0.05, 0) is 40.0 Å². The lowest BCUT2D eigenvalue weighted by Gasteiger charge is -2.17. The highest BCUT2D eigenvalue weighted by atomic mass is 79.9. The number of nitrogens with one attached hydrogen (secondary N) is 1. The third-order valence-electron chi connectivity index (χ3n) is 2.16. The minimum Gasteiger partial charge on any atom is -0.318 e. The van der Waals surface area contributed by atoms with Crippen molar-refractivity contribution in [3.8, 4) is 0 Å². The summed E-state index contributed by atoms with van der Waals surface area (Å²) in [4.78, 5) is 22.3. The Bertz CT molecular complexity index is 440. The summed E-state index contributed by atoms with van der Waals surface area (Å²) in [5.41, 5.74) is 2.67. The second kappa shape index (κ2) is 3.20. The molecule has 1 aliphatic heterocycles. The van der Waals surface area contributed by atoms with Crippen molar-refractivity contribution >= 4 is 33.3 Å². The molecule has 0 atom stereocenters. The van der Waals surface area contributed by atoms with Gasteiger partial charge >= 0.3 is 0 Å². The van der Waals surface area contributed by atoms with Gasteiger partial charge in [0.25, 0.3) is 5.91 Å². The van der Waals surface area contributed by atoms with E-state index >= 15 is 0 Å². The molecule has 2 rings (SSSR count). The van der Waals surface area contributed by atoms with Crippen molar-refractivity contribution in [3.63, 3.8) is 0 Å². The van der Waals surface area contributed by atoms with Crippen LogP contribution in [0, 0.1) is 6.92 Å². The monoisotopic (exact) mass is 253 g/mol. The first kappa shape index (κ1) is 9.40. The van der Waals surface area contributed by atoms with Crippen LogP contribution in [0.3, 0.4) is 0 Å². The van der Waals surface area contributed by atoms with E-state index in [-0.39, 0.29) is 12.2 Å². The molecule has 1 heterocycles. The molecule has 0 bridgehead atoms. The Labute approximate surface area is 89.6 Å². The van der Waals surface area contributed by atoms with E-state index in [0.717, 1.165) is 21.3 Å². The highest BCUT2D eigenvalue weighted by molar-refractivity contribution is 9.10. The number of benzene rings is 1. The van der Waals surface area contributed by atoms with Crippen LogP contribution < -0.4 is 5.32 Å². The predicted molar refractivity (Wildman–Crippen MR) is 56.2 cm³/mol. The molecule has 3 nitrogen and oxygen atoms in total. The van der Waals surface area contributed by atoms with Crippen LogP contribution in [0.1, 0.15) is 11.1 Å². The summed E-state index contributed by atoms with van der Waals surface area (Å²) < 4.78 is 0.827. The molecule has 72 valence electrons. The average Bonchev–Trinajstić information content (AvgIpc) is 2.08. The number of hydrogen-bond acceptors (Lipinski definition) is 2. The van der Waals surface area contributed by atoms with Crippen LogP contribution in [0.15, 0.2) is 16.6 Å². The summed E-state index contributed by atoms with van der Waals surface area (Å²) in [5, 5.41) is 2.57. The Kier molecular flexibility index (Phi) is 2.15. The molecule has 0 saturated carbocycles. The summed E-state index contributed by atoms with van der Waals surface area (Å²) >= 11 is 3.35. The molecule has 0 aromatic heterocycles. The summed E-state index contributed by atoms with van der Waals surface area (Å²) in [6.45, 7) is 1.95. The number of hydrogen-bond donors (Lipinski definition) is 1. The van der Waals surface area contributed by atoms with Crippen molar-refractivity contribution < 1.29 is 9.59 Å². The van der Waals surface area contributed by atoms with Gasteiger partial charge in [0.15, 0.2) is 0 Å². The topological polar surface area (TPSA) is 46.2 Å². The SMILES string of the molecule is Cc1cc(Br)c2c(c1)CC(=O)C(=O)N2. The van der Waals surface area contributed by atoms with Crippen LogP contribution in [0.2, 0.25) is 0 Å². The minimum absolute atomic E-state index is 0.196. The quantitative estimate of drug-likeness (QED) is 0.718. The molecule has 0 spiro atoms. The molecule has 1 aliphatic rings. The fraction of sp³-hybridized carbons (Fsp3) is 0.200. The first-order chi connectivity index (χ1) is 6.58. The number of ketones is 1. The molecule has 14 heavy (non-hydrogen) atoms. The van der Waals surface area contributed by atoms with Crippen molar-refractivity contribution in [2.24, 2.45) is 0 Å². The van der Waals surface area contributed by atoms with E-state index in [9.17, 15) is 9.59 Å². The molecule has 1 aromatic carbocycles. The predicted octanol–water partition coefficient (Wildman–Crippen LogP) is 1.82. The van der Waals surface area contributed by atoms with E-state index in [4.69, 9.17) is 0 Å². The summed E-state index contributed by atoms with van der Waals surface area (Å²) in [6.07, 6.45) is 0.196. The van der Waals surface area contributed by atoms with Gasteiger partial charge in [-0.1, -0.05) is 6.07 Å². The highest BCUT2D eigenvalue weighted by Gasteiger charge is 2.24. The molecular formula is C10H8BrNO2. The fourth-order valence-corrected chi connectivity index (χ4v) is 2.24. The number of carbonyl (C=O) groups excluding carboxylic acids is 2. The molecule has 0 fully saturated rings. The lowest BCUT2D eigenvalue weighted by Crippen LogP contribution is -2.30. The second-order valence-corrected chi connectivity index (χ2v) is 4.19. The zero-order valence-electron chi connectivity index (χ0n) is 7.56. The third-order valence-corrected chi connectivity index (χ3v) is 2.78. The second-order valence-electron chi connectivity index (χ2n) is 3.33. The summed E-state index contributed by atoms with van der Waals surface area (Å²) in [7, 11) is 0. The van der Waals surface area contributed by atoms with Crippen molar-refractivity contribution in [2.75, 3.05) is 5.32 Å². The van der Waals surface area contributed by atoms with Gasteiger partial charge in [0.1, 0.15) is 0 Å². The Balaban J connectivity index is 2.57. The van der Waals surface area contributed by atoms with E-state index in [1.54, 1.807) is 0 Å². The van der Waals surface area contributed by atoms with Crippen molar-refractivity contribution in [1.82, 2.24) is 0 Å². The lowest BCUT2D eigenvalue weighted by atomic mass is 10.0. The number of fused-ring (bicyclic) bond motifs is 1. The van der Waals surface area contributed by atoms with Crippen LogP contribution in [0.5, 0.6) is 0 Å². The number of anilines is 1. The number of Topliss-reactive ketones (excluding diaryl/α,β-unsaturated/α-hetero) is 1. The molecule has 0 radical (unpaired) electrons. The molecule has 0 aliphatic carbocycles. The zero-order valence-corrected chi connectivity index (χ0v) is 9.14. The summed E-state index contributed by atoms with van der Waals surface area (Å²) in [5.74, 6) is -0.906. The molecule has 0 unspecified atom stereocenters. The standard InChI is InChI=1S/C10H8BrNO2/c1-5-2-6-4-8(13)10(14)12-9(6)7(11)3-5/h2-3H,4H2,1H3,(H,12,14). The van der Waals surface area contributed by atoms with E-state index in [0.29, 0.717) is 0 Å². The van der Waals surface area contributed by atoms with E-state index in [1.165, 1.54) is 0 Å². The third kappa shape index (κ3) is 1.46. The fourth-order valence-electron chi connectivity index (χ4n) is 1.53. The average molecular weight is 254 g/mol. The van der Waals surface area contributed by atoms with Gasteiger partial charge in [0.05, 0.1) is 5.69 Å². The van der Waals surface area contributed by atoms with Gasteiger partial charge in [-0.3, -0.25) is 9.59 Å². The maximum absolute atomic E-state index is 11.2. The first-order valence-electron chi connectivity index (χ1n) is 4.21. The number of rotatable bonds is 0. The minimum atomic E-state index is -0.526. The molecule has 1 N–H and O–H groups in total. The maximum Gasteiger partial charge on any atom is 0.292 e. The number of amides is 1. The van der Waals surface area contributed by atoms with Crippen LogP contribution in [-0.2, 0) is 16.0 Å². The smallest absolute Gasteiger partial charge is 0.292 e. The van der Waals surface area contributed by atoms with E-state index < -0.39 is 5.91 Å². The van der Waals surface area contributed by atoms with Gasteiger partial charge in [0.2, 0.25) is 5.78 Å². The maximum atomic E-state index is 11.2. The molecular weight excluding hydrogens is 246 g/mol. The van der Waals surface area contributed by atoms with Crippen molar-refractivity contribution in [2.45, 2.75) is 13.3 Å². The van der Waals surface area contributed by atoms with Gasteiger partial charge in [-0.2, -0.15) is 0 Å². The number of carbonyl (C=O) groups is 2. The van der Waals surface area contributed by atoms with Crippen LogP contribution in [0.4, 0.5) is 5.69 Å². The lowest BCUT2D eigenvalue weighted by molar-refractivity contribution is -0.134. The van der Waals surface area contributed by atoms with Gasteiger partial charge < -0.3 is 5.32 Å². The Morgan fingerprint density at radius 2 is 2.07 bits per heavy atom. The highest BCUT2D eigenvalue weighted by Crippen LogP contribution is 2.30. The van der Waals surface area contributed by atoms with Crippen molar-refractivity contribution in [1.29, 1.82) is 0 Å². The molecule has 1 aromatic rings.